The Hall–Kier alpha value is -3.74. The highest BCUT2D eigenvalue weighted by molar-refractivity contribution is 9.10. The minimum absolute atomic E-state index is 0. The summed E-state index contributed by atoms with van der Waals surface area (Å²) in [4.78, 5) is 0.333. The normalized spacial score (nSPS) is 11.4. The molecule has 0 radical (unpaired) electrons. The third-order valence-corrected chi connectivity index (χ3v) is 10.2. The van der Waals surface area contributed by atoms with E-state index in [4.69, 9.17) is 17.2 Å². The maximum Gasteiger partial charge on any atom is 0.296 e. The van der Waals surface area contributed by atoms with Gasteiger partial charge < -0.3 is 8.83 Å². The van der Waals surface area contributed by atoms with Gasteiger partial charge in [0.25, 0.3) is 20.2 Å². The fourth-order valence-corrected chi connectivity index (χ4v) is 6.78. The van der Waals surface area contributed by atoms with Gasteiger partial charge in [0.1, 0.15) is 22.7 Å². The molecule has 256 valence electrons. The SMILES string of the molecule is C.C.Cc1ccc(S(=O)(=O)OCCc2cc3cc(Br)ccc3o2)cc1.Cc1ccc(S(=O)(=O)OCCc2cc3cc(C)ccc3o2)cc1. The first kappa shape index (κ1) is 38.7. The molecule has 0 amide bonds. The molecule has 0 fully saturated rings. The molecule has 8 nitrogen and oxygen atoms in total. The van der Waals surface area contributed by atoms with Gasteiger partial charge in [-0.2, -0.15) is 16.8 Å². The van der Waals surface area contributed by atoms with Gasteiger partial charge in [0.15, 0.2) is 0 Å². The summed E-state index contributed by atoms with van der Waals surface area (Å²) >= 11 is 3.41. The van der Waals surface area contributed by atoms with E-state index in [1.165, 1.54) is 0 Å². The second-order valence-electron chi connectivity index (χ2n) is 10.8. The fourth-order valence-electron chi connectivity index (χ4n) is 4.58. The van der Waals surface area contributed by atoms with Gasteiger partial charge in [-0.05, 0) is 87.5 Å². The topological polar surface area (TPSA) is 113 Å². The maximum atomic E-state index is 12.1. The first-order chi connectivity index (χ1) is 21.9. The highest BCUT2D eigenvalue weighted by Crippen LogP contribution is 2.24. The lowest BCUT2D eigenvalue weighted by molar-refractivity contribution is 0.311. The molecule has 0 aliphatic rings. The van der Waals surface area contributed by atoms with Crippen LogP contribution in [0.15, 0.2) is 120 Å². The van der Waals surface area contributed by atoms with E-state index < -0.39 is 20.2 Å². The molecule has 0 unspecified atom stereocenters. The van der Waals surface area contributed by atoms with E-state index in [0.29, 0.717) is 24.4 Å². The van der Waals surface area contributed by atoms with Crippen molar-refractivity contribution < 1.29 is 34.0 Å². The van der Waals surface area contributed by atoms with Gasteiger partial charge in [-0.3, -0.25) is 8.37 Å². The Morgan fingerprint density at radius 2 is 0.938 bits per heavy atom. The standard InChI is InChI=1S/C18H18O4S.C17H15BrO4S.2CH4/c1-13-3-6-17(7-4-13)23(19,20)21-10-9-16-12-15-11-14(2)5-8-18(15)22-16;1-12-2-5-16(6-3-12)23(19,20)21-9-8-15-11-13-10-14(18)4-7-17(13)22-15;;/h3-8,11-12H,9-10H2,1-2H3;2-7,10-11H,8-9H2,1H3;2*1H4. The Morgan fingerprint density at radius 1 is 0.542 bits per heavy atom. The molecule has 0 aliphatic heterocycles. The summed E-state index contributed by atoms with van der Waals surface area (Å²) in [5.74, 6) is 1.40. The molecule has 6 aromatic rings. The average molecular weight is 758 g/mol. The third kappa shape index (κ3) is 10.1. The van der Waals surface area contributed by atoms with E-state index in [1.54, 1.807) is 48.5 Å². The number of rotatable bonds is 10. The van der Waals surface area contributed by atoms with Crippen molar-refractivity contribution in [1.29, 1.82) is 0 Å². The van der Waals surface area contributed by atoms with Crippen LogP contribution >= 0.6 is 15.9 Å². The van der Waals surface area contributed by atoms with Crippen molar-refractivity contribution in [3.8, 4) is 0 Å². The van der Waals surface area contributed by atoms with Crippen molar-refractivity contribution in [1.82, 2.24) is 0 Å². The summed E-state index contributed by atoms with van der Waals surface area (Å²) in [5, 5.41) is 1.98. The van der Waals surface area contributed by atoms with Gasteiger partial charge >= 0.3 is 0 Å². The first-order valence-corrected chi connectivity index (χ1v) is 18.1. The van der Waals surface area contributed by atoms with Gasteiger partial charge in [0, 0.05) is 28.1 Å². The molecular weight excluding hydrogens is 716 g/mol. The van der Waals surface area contributed by atoms with Gasteiger partial charge in [-0.15, -0.1) is 0 Å². The molecule has 4 aromatic carbocycles. The van der Waals surface area contributed by atoms with Gasteiger partial charge in [0.05, 0.1) is 23.0 Å². The number of benzene rings is 4. The quantitative estimate of drug-likeness (QED) is 0.127. The molecule has 0 atom stereocenters. The van der Waals surface area contributed by atoms with Crippen LogP contribution in [0.25, 0.3) is 21.9 Å². The van der Waals surface area contributed by atoms with Crippen molar-refractivity contribution >= 4 is 58.1 Å². The maximum absolute atomic E-state index is 12.1. The Balaban J connectivity index is 0.000000250. The van der Waals surface area contributed by atoms with Crippen LogP contribution in [0.3, 0.4) is 0 Å². The Labute approximate surface area is 292 Å². The van der Waals surface area contributed by atoms with Crippen LogP contribution in [0.4, 0.5) is 0 Å². The summed E-state index contributed by atoms with van der Waals surface area (Å²) in [5.41, 5.74) is 4.72. The molecule has 11 heteroatoms. The molecule has 0 bridgehead atoms. The van der Waals surface area contributed by atoms with E-state index in [1.807, 2.05) is 69.3 Å². The molecule has 0 saturated heterocycles. The molecular formula is C37H41BrO8S2. The van der Waals surface area contributed by atoms with Gasteiger partial charge in [-0.25, -0.2) is 0 Å². The lowest BCUT2D eigenvalue weighted by Gasteiger charge is -2.05. The Bertz CT molecular complexity index is 2010. The minimum atomic E-state index is -3.73. The predicted octanol–water partition coefficient (Wildman–Crippen LogP) is 9.72. The summed E-state index contributed by atoms with van der Waals surface area (Å²) in [6.45, 7) is 5.91. The van der Waals surface area contributed by atoms with Crippen LogP contribution < -0.4 is 0 Å². The van der Waals surface area contributed by atoms with Crippen LogP contribution in [0.5, 0.6) is 0 Å². The zero-order chi connectivity index (χ0) is 32.9. The summed E-state index contributed by atoms with van der Waals surface area (Å²) in [6, 6.07) is 28.6. The lowest BCUT2D eigenvalue weighted by Crippen LogP contribution is -2.09. The summed E-state index contributed by atoms with van der Waals surface area (Å²) in [7, 11) is -7.46. The van der Waals surface area contributed by atoms with E-state index in [9.17, 15) is 16.8 Å². The number of aryl methyl sites for hydroxylation is 3. The molecule has 0 N–H and O–H groups in total. The number of halogens is 1. The Kier molecular flexibility index (Phi) is 13.4. The zero-order valence-electron chi connectivity index (χ0n) is 25.5. The smallest absolute Gasteiger partial charge is 0.296 e. The van der Waals surface area contributed by atoms with Gasteiger partial charge in [0.2, 0.25) is 0 Å². The van der Waals surface area contributed by atoms with Crippen LogP contribution in [0, 0.1) is 20.8 Å². The van der Waals surface area contributed by atoms with Crippen LogP contribution in [0.2, 0.25) is 0 Å². The van der Waals surface area contributed by atoms with Gasteiger partial charge in [-0.1, -0.05) is 77.8 Å². The Morgan fingerprint density at radius 3 is 1.40 bits per heavy atom. The average Bonchev–Trinajstić information content (AvgIpc) is 3.60. The number of hydrogen-bond acceptors (Lipinski definition) is 8. The molecule has 48 heavy (non-hydrogen) atoms. The van der Waals surface area contributed by atoms with Crippen molar-refractivity contribution in [3.63, 3.8) is 0 Å². The first-order valence-electron chi connectivity index (χ1n) is 14.5. The van der Waals surface area contributed by atoms with Crippen LogP contribution in [-0.2, 0) is 41.4 Å². The zero-order valence-corrected chi connectivity index (χ0v) is 28.7. The predicted molar refractivity (Wildman–Crippen MR) is 194 cm³/mol. The lowest BCUT2D eigenvalue weighted by atomic mass is 10.2. The van der Waals surface area contributed by atoms with Crippen LogP contribution in [-0.4, -0.2) is 30.0 Å². The van der Waals surface area contributed by atoms with Crippen molar-refractivity contribution in [2.24, 2.45) is 0 Å². The van der Waals surface area contributed by atoms with E-state index in [0.717, 1.165) is 43.1 Å². The second-order valence-corrected chi connectivity index (χ2v) is 15.0. The molecule has 0 saturated carbocycles. The van der Waals surface area contributed by atoms with Crippen LogP contribution in [0.1, 0.15) is 43.1 Å². The third-order valence-electron chi connectivity index (χ3n) is 7.05. The number of hydrogen-bond donors (Lipinski definition) is 0. The van der Waals surface area contributed by atoms with Crippen molar-refractivity contribution in [2.45, 2.75) is 58.3 Å². The highest BCUT2D eigenvalue weighted by Gasteiger charge is 2.16. The monoisotopic (exact) mass is 756 g/mol. The van der Waals surface area contributed by atoms with E-state index in [-0.39, 0.29) is 37.9 Å². The summed E-state index contributed by atoms with van der Waals surface area (Å²) in [6.07, 6.45) is 0.788. The largest absolute Gasteiger partial charge is 0.461 e. The minimum Gasteiger partial charge on any atom is -0.461 e. The molecule has 2 heterocycles. The number of fused-ring (bicyclic) bond motifs is 2. The molecule has 2 aromatic heterocycles. The molecule has 0 aliphatic carbocycles. The highest BCUT2D eigenvalue weighted by atomic mass is 79.9. The van der Waals surface area contributed by atoms with Crippen molar-refractivity contribution in [2.75, 3.05) is 13.2 Å². The fraction of sp³-hybridized carbons (Fsp3) is 0.243. The second kappa shape index (κ2) is 16.6. The summed E-state index contributed by atoms with van der Waals surface area (Å²) < 4.78 is 70.9. The molecule has 6 rings (SSSR count). The van der Waals surface area contributed by atoms with Crippen molar-refractivity contribution in [3.05, 3.63) is 130 Å². The molecule has 0 spiro atoms. The number of furan rings is 2. The van der Waals surface area contributed by atoms with E-state index >= 15 is 0 Å². The van der Waals surface area contributed by atoms with E-state index in [2.05, 4.69) is 15.9 Å².